The maximum Gasteiger partial charge on any atom is 0.387 e. The molecule has 1 aliphatic carbocycles. The first kappa shape index (κ1) is 31.3. The third-order valence-corrected chi connectivity index (χ3v) is 11.5. The van der Waals surface area contributed by atoms with Crippen molar-refractivity contribution in [3.63, 3.8) is 0 Å². The Kier molecular flexibility index (Phi) is 7.17. The van der Waals surface area contributed by atoms with Crippen LogP contribution in [0.1, 0.15) is 87.9 Å². The van der Waals surface area contributed by atoms with Gasteiger partial charge in [-0.2, -0.15) is 8.78 Å². The van der Waals surface area contributed by atoms with E-state index in [-0.39, 0.29) is 28.6 Å². The Bertz CT molecular complexity index is 2090. The van der Waals surface area contributed by atoms with Crippen LogP contribution >= 0.6 is 0 Å². The number of rotatable bonds is 6. The van der Waals surface area contributed by atoms with Crippen LogP contribution in [-0.2, 0) is 16.9 Å². The van der Waals surface area contributed by atoms with Crippen LogP contribution in [-0.4, -0.2) is 45.2 Å². The number of imidazole rings is 1. The van der Waals surface area contributed by atoms with E-state index in [1.54, 1.807) is 18.2 Å². The number of hydrogen-bond donors (Lipinski definition) is 1. The van der Waals surface area contributed by atoms with E-state index in [1.165, 1.54) is 24.4 Å². The zero-order valence-corrected chi connectivity index (χ0v) is 27.5. The lowest BCUT2D eigenvalue weighted by Crippen LogP contribution is -2.50. The van der Waals surface area contributed by atoms with Crippen molar-refractivity contribution in [3.8, 4) is 28.3 Å². The molecule has 250 valence electrons. The van der Waals surface area contributed by atoms with Crippen molar-refractivity contribution >= 4 is 22.4 Å². The third kappa shape index (κ3) is 4.74. The van der Waals surface area contributed by atoms with E-state index >= 15 is 8.78 Å². The molecule has 0 spiro atoms. The monoisotopic (exact) mass is 679 g/mol. The third-order valence-electron chi connectivity index (χ3n) is 9.80. The number of aryl methyl sites for hydroxylation is 1. The van der Waals surface area contributed by atoms with Gasteiger partial charge in [-0.3, -0.25) is 4.98 Å². The van der Waals surface area contributed by atoms with Crippen molar-refractivity contribution in [2.45, 2.75) is 88.8 Å². The standard InChI is InChI=1S/C34H33F4N7O2S/c1-17-41-42-30-19-8-7-9-27(47-32(37)38)28(19)25-15-26(44(17)30)31-40-23-14-21(35)20(13-24(23)45(25)31)18-12-22(36)29(39-16-18)34(10-5-6-11-34)43-48(46)33(2,3)4/h7-9,12-14,16,25-26,32,43H,5-6,10-11,15H2,1-4H3/t25-,26-,48?/m1/s1. The smallest absolute Gasteiger partial charge is 0.387 e. The molecule has 3 atom stereocenters. The molecule has 3 aliphatic rings. The fraction of sp³-hybridized carbons (Fsp3) is 0.412. The van der Waals surface area contributed by atoms with Gasteiger partial charge in [0.1, 0.15) is 45.0 Å². The first-order valence-electron chi connectivity index (χ1n) is 15.9. The fourth-order valence-electron chi connectivity index (χ4n) is 7.65. The van der Waals surface area contributed by atoms with Crippen LogP contribution in [0.25, 0.3) is 33.5 Å². The topological polar surface area (TPSA) is 106 Å². The number of halogens is 4. The Balaban J connectivity index is 1.26. The SMILES string of the molecule is Cc1nnc2n1[C@@H]1C[C@H](c3c(OC(F)F)cccc3-2)n2c1nc1cc(F)c(-c3cnc(C4(N[S+]([O-])C(C)(C)C)CCCC4)c(F)c3)cc12. The number of alkyl halides is 2. The Labute approximate surface area is 277 Å². The maximum absolute atomic E-state index is 16.0. The van der Waals surface area contributed by atoms with Crippen LogP contribution in [0.15, 0.2) is 42.6 Å². The van der Waals surface area contributed by atoms with E-state index in [0.717, 1.165) is 12.8 Å². The van der Waals surface area contributed by atoms with Crippen LogP contribution in [0.4, 0.5) is 17.6 Å². The van der Waals surface area contributed by atoms with E-state index in [2.05, 4.69) is 19.9 Å². The second-order valence-corrected chi connectivity index (χ2v) is 15.8. The highest BCUT2D eigenvalue weighted by atomic mass is 32.2. The number of fused-ring (bicyclic) bond motifs is 6. The molecule has 0 saturated heterocycles. The minimum absolute atomic E-state index is 0.0149. The van der Waals surface area contributed by atoms with E-state index in [0.29, 0.717) is 58.9 Å². The van der Waals surface area contributed by atoms with Crippen molar-refractivity contribution in [2.24, 2.45) is 0 Å². The van der Waals surface area contributed by atoms with Gasteiger partial charge in [0.15, 0.2) is 5.82 Å². The molecule has 9 nitrogen and oxygen atoms in total. The number of benzene rings is 2. The molecule has 1 N–H and O–H groups in total. The molecule has 48 heavy (non-hydrogen) atoms. The number of hydrogen-bond acceptors (Lipinski definition) is 7. The Morgan fingerprint density at radius 3 is 2.50 bits per heavy atom. The van der Waals surface area contributed by atoms with Crippen LogP contribution < -0.4 is 9.46 Å². The van der Waals surface area contributed by atoms with E-state index < -0.39 is 45.9 Å². The molecule has 0 amide bonds. The van der Waals surface area contributed by atoms with Gasteiger partial charge >= 0.3 is 6.61 Å². The zero-order chi connectivity index (χ0) is 33.7. The van der Waals surface area contributed by atoms with Crippen molar-refractivity contribution in [1.29, 1.82) is 0 Å². The summed E-state index contributed by atoms with van der Waals surface area (Å²) in [5.74, 6) is 0.535. The number of pyridine rings is 1. The number of nitrogens with zero attached hydrogens (tertiary/aromatic N) is 6. The van der Waals surface area contributed by atoms with Gasteiger partial charge in [0.25, 0.3) is 0 Å². The highest BCUT2D eigenvalue weighted by Gasteiger charge is 2.46. The molecule has 1 unspecified atom stereocenters. The lowest BCUT2D eigenvalue weighted by atomic mass is 9.92. The predicted molar refractivity (Wildman–Crippen MR) is 172 cm³/mol. The normalized spacial score (nSPS) is 20.1. The molecule has 3 aromatic heterocycles. The molecule has 8 rings (SSSR count). The highest BCUT2D eigenvalue weighted by molar-refractivity contribution is 7.90. The molecular weight excluding hydrogens is 646 g/mol. The van der Waals surface area contributed by atoms with Crippen molar-refractivity contribution < 1.29 is 26.9 Å². The van der Waals surface area contributed by atoms with Crippen LogP contribution in [0.2, 0.25) is 0 Å². The van der Waals surface area contributed by atoms with Crippen LogP contribution in [0.3, 0.4) is 0 Å². The van der Waals surface area contributed by atoms with Gasteiger partial charge in [-0.15, -0.1) is 14.9 Å². The first-order chi connectivity index (χ1) is 22.9. The van der Waals surface area contributed by atoms with E-state index in [1.807, 2.05) is 36.8 Å². The average molecular weight is 680 g/mol. The van der Waals surface area contributed by atoms with Gasteiger partial charge in [0.05, 0.1) is 23.1 Å². The second-order valence-electron chi connectivity index (χ2n) is 13.8. The zero-order valence-electron chi connectivity index (χ0n) is 26.7. The molecule has 2 bridgehead atoms. The summed E-state index contributed by atoms with van der Waals surface area (Å²) in [4.78, 5) is 9.35. The largest absolute Gasteiger partial charge is 0.598 e. The molecule has 0 radical (unpaired) electrons. The Morgan fingerprint density at radius 2 is 1.79 bits per heavy atom. The average Bonchev–Trinajstić information content (AvgIpc) is 3.78. The number of aromatic nitrogens is 6. The number of ether oxygens (including phenoxy) is 1. The molecular formula is C34H33F4N7O2S. The minimum Gasteiger partial charge on any atom is -0.598 e. The first-order valence-corrected chi connectivity index (χ1v) is 17.1. The summed E-state index contributed by atoms with van der Waals surface area (Å²) in [7, 11) is 0. The van der Waals surface area contributed by atoms with Crippen molar-refractivity contribution in [2.75, 3.05) is 0 Å². The predicted octanol–water partition coefficient (Wildman–Crippen LogP) is 7.26. The summed E-state index contributed by atoms with van der Waals surface area (Å²) in [6.45, 7) is 4.32. The Morgan fingerprint density at radius 1 is 1.02 bits per heavy atom. The van der Waals surface area contributed by atoms with Gasteiger partial charge in [-0.25, -0.2) is 13.8 Å². The minimum atomic E-state index is -3.05. The maximum atomic E-state index is 16.0. The molecule has 2 aliphatic heterocycles. The van der Waals surface area contributed by atoms with E-state index in [9.17, 15) is 13.3 Å². The summed E-state index contributed by atoms with van der Waals surface area (Å²) < 4.78 is 83.8. The van der Waals surface area contributed by atoms with Gasteiger partial charge < -0.3 is 18.4 Å². The quantitative estimate of drug-likeness (QED) is 0.149. The summed E-state index contributed by atoms with van der Waals surface area (Å²) in [6.07, 6.45) is 4.74. The molecule has 1 saturated carbocycles. The van der Waals surface area contributed by atoms with E-state index in [4.69, 9.17) is 9.72 Å². The van der Waals surface area contributed by atoms with Crippen molar-refractivity contribution in [1.82, 2.24) is 34.0 Å². The van der Waals surface area contributed by atoms with Gasteiger partial charge in [-0.05, 0) is 58.7 Å². The second kappa shape index (κ2) is 11.0. The summed E-state index contributed by atoms with van der Waals surface area (Å²) in [6, 6.07) is 8.30. The highest BCUT2D eigenvalue weighted by Crippen LogP contribution is 2.52. The van der Waals surface area contributed by atoms with Gasteiger partial charge in [0, 0.05) is 52.3 Å². The molecule has 1 fully saturated rings. The summed E-state index contributed by atoms with van der Waals surface area (Å²) >= 11 is -1.46. The summed E-state index contributed by atoms with van der Waals surface area (Å²) in [5, 5.41) is 8.66. The summed E-state index contributed by atoms with van der Waals surface area (Å²) in [5.41, 5.74) is 1.67. The molecule has 5 aromatic rings. The van der Waals surface area contributed by atoms with Gasteiger partial charge in [0.2, 0.25) is 0 Å². The molecule has 5 heterocycles. The van der Waals surface area contributed by atoms with Gasteiger partial charge in [-0.1, -0.05) is 25.0 Å². The lowest BCUT2D eigenvalue weighted by Gasteiger charge is -2.34. The number of nitrogens with one attached hydrogen (secondary N) is 1. The van der Waals surface area contributed by atoms with Crippen LogP contribution in [0, 0.1) is 18.6 Å². The fourth-order valence-corrected chi connectivity index (χ4v) is 8.61. The Hall–Kier alpha value is -4.01. The lowest BCUT2D eigenvalue weighted by molar-refractivity contribution is -0.0506. The van der Waals surface area contributed by atoms with Crippen molar-refractivity contribution in [3.05, 3.63) is 77.1 Å². The molecule has 2 aromatic carbocycles. The van der Waals surface area contributed by atoms with Crippen LogP contribution in [0.5, 0.6) is 5.75 Å². The molecule has 14 heteroatoms.